The number of morpholine rings is 1. The van der Waals surface area contributed by atoms with Crippen LogP contribution in [0.15, 0.2) is 0 Å². The van der Waals surface area contributed by atoms with Gasteiger partial charge < -0.3 is 9.64 Å². The maximum absolute atomic E-state index is 12.7. The molecule has 0 aromatic carbocycles. The molecule has 0 bridgehead atoms. The number of carbonyl (C=O) groups excluding carboxylic acids is 1. The van der Waals surface area contributed by atoms with Gasteiger partial charge in [0.25, 0.3) is 0 Å². The lowest BCUT2D eigenvalue weighted by atomic mass is 9.80. The molecule has 0 atom stereocenters. The first-order valence-electron chi connectivity index (χ1n) is 9.40. The molecule has 24 heavy (non-hydrogen) atoms. The average Bonchev–Trinajstić information content (AvgIpc) is 3.11. The second kappa shape index (κ2) is 7.70. The van der Waals surface area contributed by atoms with Gasteiger partial charge in [0.15, 0.2) is 0 Å². The maximum atomic E-state index is 12.7. The predicted molar refractivity (Wildman–Crippen MR) is 92.2 cm³/mol. The Morgan fingerprint density at radius 1 is 1.00 bits per heavy atom. The van der Waals surface area contributed by atoms with Crippen LogP contribution in [0.25, 0.3) is 0 Å². The van der Waals surface area contributed by atoms with Crippen LogP contribution in [0.2, 0.25) is 0 Å². The highest BCUT2D eigenvalue weighted by atomic mass is 32.2. The van der Waals surface area contributed by atoms with Crippen molar-refractivity contribution in [3.05, 3.63) is 0 Å². The van der Waals surface area contributed by atoms with E-state index >= 15 is 0 Å². The fraction of sp³-hybridized carbons (Fsp3) is 0.941. The molecule has 6 nitrogen and oxygen atoms in total. The predicted octanol–water partition coefficient (Wildman–Crippen LogP) is 1.75. The first-order chi connectivity index (χ1) is 11.5. The molecule has 3 rings (SSSR count). The van der Waals surface area contributed by atoms with Gasteiger partial charge in [-0.05, 0) is 32.1 Å². The Morgan fingerprint density at radius 2 is 1.71 bits per heavy atom. The molecule has 1 spiro atoms. The molecular formula is C17H30N2O4S. The van der Waals surface area contributed by atoms with Gasteiger partial charge >= 0.3 is 0 Å². The number of hydrogen-bond donors (Lipinski definition) is 0. The third-order valence-electron chi connectivity index (χ3n) is 5.74. The highest BCUT2D eigenvalue weighted by Gasteiger charge is 2.42. The van der Waals surface area contributed by atoms with Gasteiger partial charge in [-0.2, -0.15) is 0 Å². The van der Waals surface area contributed by atoms with Crippen molar-refractivity contribution < 1.29 is 17.9 Å². The summed E-state index contributed by atoms with van der Waals surface area (Å²) in [7, 11) is -3.18. The van der Waals surface area contributed by atoms with Crippen molar-refractivity contribution in [1.82, 2.24) is 9.21 Å². The monoisotopic (exact) mass is 358 g/mol. The highest BCUT2D eigenvalue weighted by Crippen LogP contribution is 2.36. The Hall–Kier alpha value is -0.660. The summed E-state index contributed by atoms with van der Waals surface area (Å²) < 4.78 is 31.8. The number of ether oxygens (including phenoxy) is 1. The van der Waals surface area contributed by atoms with Gasteiger partial charge in [0.05, 0.1) is 24.5 Å². The van der Waals surface area contributed by atoms with Crippen LogP contribution in [0.3, 0.4) is 0 Å². The van der Waals surface area contributed by atoms with Crippen molar-refractivity contribution in [3.8, 4) is 0 Å². The summed E-state index contributed by atoms with van der Waals surface area (Å²) in [4.78, 5) is 14.8. The minimum Gasteiger partial charge on any atom is -0.377 e. The molecule has 0 aromatic rings. The maximum Gasteiger partial charge on any atom is 0.223 e. The van der Waals surface area contributed by atoms with Crippen LogP contribution in [0.5, 0.6) is 0 Å². The summed E-state index contributed by atoms with van der Waals surface area (Å²) in [6, 6.07) is 0. The first kappa shape index (κ1) is 18.1. The van der Waals surface area contributed by atoms with Crippen LogP contribution in [0, 0.1) is 0 Å². The molecule has 1 amide bonds. The van der Waals surface area contributed by atoms with Crippen LogP contribution in [-0.4, -0.2) is 67.7 Å². The molecule has 138 valence electrons. The number of rotatable bonds is 5. The smallest absolute Gasteiger partial charge is 0.223 e. The summed E-state index contributed by atoms with van der Waals surface area (Å²) in [5.41, 5.74) is -0.124. The van der Waals surface area contributed by atoms with E-state index in [0.717, 1.165) is 38.5 Å². The van der Waals surface area contributed by atoms with E-state index < -0.39 is 10.0 Å². The second-order valence-electron chi connectivity index (χ2n) is 7.41. The van der Waals surface area contributed by atoms with Gasteiger partial charge in [0.1, 0.15) is 0 Å². The molecule has 0 N–H and O–H groups in total. The molecular weight excluding hydrogens is 328 g/mol. The van der Waals surface area contributed by atoms with Crippen molar-refractivity contribution in [1.29, 1.82) is 0 Å². The lowest BCUT2D eigenvalue weighted by molar-refractivity contribution is -0.152. The lowest BCUT2D eigenvalue weighted by Gasteiger charge is -2.49. The Balaban J connectivity index is 1.53. The first-order valence-corrected chi connectivity index (χ1v) is 11.0. The molecule has 1 aliphatic carbocycles. The zero-order valence-electron chi connectivity index (χ0n) is 14.5. The largest absolute Gasteiger partial charge is 0.377 e. The van der Waals surface area contributed by atoms with Crippen LogP contribution in [0.1, 0.15) is 57.8 Å². The van der Waals surface area contributed by atoms with Gasteiger partial charge in [-0.25, -0.2) is 12.7 Å². The fourth-order valence-corrected chi connectivity index (χ4v) is 5.96. The zero-order valence-corrected chi connectivity index (χ0v) is 15.4. The molecule has 2 aliphatic heterocycles. The van der Waals surface area contributed by atoms with Crippen molar-refractivity contribution in [2.75, 3.05) is 38.6 Å². The number of carbonyl (C=O) groups is 1. The number of hydrogen-bond acceptors (Lipinski definition) is 4. The van der Waals surface area contributed by atoms with Crippen LogP contribution in [0.4, 0.5) is 0 Å². The summed E-state index contributed by atoms with van der Waals surface area (Å²) >= 11 is 0. The molecule has 7 heteroatoms. The van der Waals surface area contributed by atoms with Gasteiger partial charge in [-0.3, -0.25) is 4.79 Å². The minimum atomic E-state index is -3.18. The molecule has 1 saturated carbocycles. The van der Waals surface area contributed by atoms with Crippen molar-refractivity contribution in [2.45, 2.75) is 63.3 Å². The summed E-state index contributed by atoms with van der Waals surface area (Å²) in [5, 5.41) is 0. The van der Waals surface area contributed by atoms with E-state index in [4.69, 9.17) is 4.74 Å². The minimum absolute atomic E-state index is 0.0933. The topological polar surface area (TPSA) is 66.9 Å². The van der Waals surface area contributed by atoms with Gasteiger partial charge in [0.2, 0.25) is 15.9 Å². The number of nitrogens with zero attached hydrogens (tertiary/aromatic N) is 2. The van der Waals surface area contributed by atoms with E-state index in [9.17, 15) is 13.2 Å². The second-order valence-corrected chi connectivity index (χ2v) is 9.50. The van der Waals surface area contributed by atoms with Crippen molar-refractivity contribution >= 4 is 15.9 Å². The van der Waals surface area contributed by atoms with Gasteiger partial charge in [0, 0.05) is 26.1 Å². The SMILES string of the molecule is O=C(CCCS(=O)(=O)N1CCCC1)N1CCOCC12CCCCC2. The summed E-state index contributed by atoms with van der Waals surface area (Å²) in [6.45, 7) is 3.17. The van der Waals surface area contributed by atoms with E-state index in [2.05, 4.69) is 0 Å². The quantitative estimate of drug-likeness (QED) is 0.751. The normalized spacial score (nSPS) is 25.2. The summed E-state index contributed by atoms with van der Waals surface area (Å²) in [5.74, 6) is 0.202. The van der Waals surface area contributed by atoms with Crippen molar-refractivity contribution in [3.63, 3.8) is 0 Å². The Bertz CT molecular complexity index is 529. The van der Waals surface area contributed by atoms with E-state index in [1.807, 2.05) is 4.90 Å². The fourth-order valence-electron chi connectivity index (χ4n) is 4.38. The average molecular weight is 359 g/mol. The van der Waals surface area contributed by atoms with Crippen LogP contribution in [-0.2, 0) is 19.6 Å². The van der Waals surface area contributed by atoms with E-state index in [0.29, 0.717) is 45.7 Å². The molecule has 2 heterocycles. The zero-order chi connectivity index (χ0) is 17.0. The Kier molecular flexibility index (Phi) is 5.82. The molecule has 3 aliphatic rings. The molecule has 2 saturated heterocycles. The lowest BCUT2D eigenvalue weighted by Crippen LogP contribution is -2.59. The molecule has 0 radical (unpaired) electrons. The van der Waals surface area contributed by atoms with E-state index in [-0.39, 0.29) is 17.2 Å². The van der Waals surface area contributed by atoms with Crippen LogP contribution < -0.4 is 0 Å². The van der Waals surface area contributed by atoms with Crippen LogP contribution >= 0.6 is 0 Å². The number of amides is 1. The van der Waals surface area contributed by atoms with E-state index in [1.165, 1.54) is 6.42 Å². The Labute approximate surface area is 145 Å². The van der Waals surface area contributed by atoms with Crippen molar-refractivity contribution in [2.24, 2.45) is 0 Å². The third kappa shape index (κ3) is 3.94. The third-order valence-corrected chi connectivity index (χ3v) is 7.70. The van der Waals surface area contributed by atoms with Gasteiger partial charge in [-0.15, -0.1) is 0 Å². The highest BCUT2D eigenvalue weighted by molar-refractivity contribution is 7.89. The number of sulfonamides is 1. The molecule has 0 aromatic heterocycles. The Morgan fingerprint density at radius 3 is 2.42 bits per heavy atom. The standard InChI is InChI=1S/C17H30N2O4S/c20-16(7-6-14-24(21,22)18-10-4-5-11-18)19-12-13-23-15-17(19)8-2-1-3-9-17/h1-15H2. The summed E-state index contributed by atoms with van der Waals surface area (Å²) in [6.07, 6.45) is 8.23. The molecule has 0 unspecified atom stereocenters. The van der Waals surface area contributed by atoms with E-state index in [1.54, 1.807) is 4.31 Å². The van der Waals surface area contributed by atoms with Gasteiger partial charge in [-0.1, -0.05) is 19.3 Å². The molecule has 3 fully saturated rings.